The molecule has 5 rings (SSSR count). The second kappa shape index (κ2) is 14.4. The molecule has 10 heteroatoms. The van der Waals surface area contributed by atoms with E-state index in [4.69, 9.17) is 9.47 Å². The number of ether oxygens (including phenoxy) is 2. The Labute approximate surface area is 279 Å². The fourth-order valence-electron chi connectivity index (χ4n) is 5.48. The molecule has 8 nitrogen and oxygen atoms in total. The van der Waals surface area contributed by atoms with Crippen LogP contribution >= 0.6 is 18.6 Å². The summed E-state index contributed by atoms with van der Waals surface area (Å²) in [5.74, 6) is -1.23. The molecule has 0 radical (unpaired) electrons. The second-order valence-corrected chi connectivity index (χ2v) is 16.5. The Balaban J connectivity index is 1.73. The summed E-state index contributed by atoms with van der Waals surface area (Å²) >= 11 is 0.883. The van der Waals surface area contributed by atoms with Crippen LogP contribution in [0.25, 0.3) is 0 Å². The highest BCUT2D eigenvalue weighted by molar-refractivity contribution is 8.14. The highest BCUT2D eigenvalue weighted by atomic mass is 32.2. The van der Waals surface area contributed by atoms with Crippen LogP contribution in [-0.4, -0.2) is 56.8 Å². The van der Waals surface area contributed by atoms with Crippen LogP contribution in [0.2, 0.25) is 0 Å². The van der Waals surface area contributed by atoms with E-state index in [2.05, 4.69) is 5.32 Å². The molecular formula is C37H37N2O6PS. The van der Waals surface area contributed by atoms with Crippen LogP contribution in [0.4, 0.5) is 0 Å². The predicted octanol–water partition coefficient (Wildman–Crippen LogP) is 4.46. The minimum Gasteiger partial charge on any atom is -0.484 e. The number of likely N-dealkylation sites (tertiary alicyclic amines) is 1. The van der Waals surface area contributed by atoms with Crippen molar-refractivity contribution >= 4 is 62.9 Å². The Bertz CT molecular complexity index is 1690. The van der Waals surface area contributed by atoms with Crippen LogP contribution in [-0.2, 0) is 23.9 Å². The fourth-order valence-corrected chi connectivity index (χ4v) is 10.9. The zero-order valence-corrected chi connectivity index (χ0v) is 28.4. The molecule has 47 heavy (non-hydrogen) atoms. The highest BCUT2D eigenvalue weighted by Gasteiger charge is 2.55. The van der Waals surface area contributed by atoms with Gasteiger partial charge in [-0.25, -0.2) is 4.79 Å². The molecule has 0 aromatic heterocycles. The third-order valence-corrected chi connectivity index (χ3v) is 12.6. The molecule has 1 aliphatic rings. The lowest BCUT2D eigenvalue weighted by Crippen LogP contribution is -2.73. The van der Waals surface area contributed by atoms with Crippen LogP contribution < -0.4 is 26.0 Å². The number of amides is 2. The third kappa shape index (κ3) is 7.37. The van der Waals surface area contributed by atoms with Gasteiger partial charge in [0.15, 0.2) is 11.7 Å². The summed E-state index contributed by atoms with van der Waals surface area (Å²) in [6.45, 7) is 3.20. The Hall–Kier alpha value is -4.59. The van der Waals surface area contributed by atoms with Gasteiger partial charge in [0.05, 0.1) is 0 Å². The van der Waals surface area contributed by atoms with Crippen molar-refractivity contribution in [1.29, 1.82) is 0 Å². The average Bonchev–Trinajstić information content (AvgIpc) is 3.06. The number of nitrogens with one attached hydrogen (secondary N) is 1. The molecule has 2 atom stereocenters. The lowest BCUT2D eigenvalue weighted by molar-refractivity contribution is -0.151. The fraction of sp³-hybridized carbons (Fsp3) is 0.216. The third-order valence-electron chi connectivity index (χ3n) is 7.32. The predicted molar refractivity (Wildman–Crippen MR) is 189 cm³/mol. The van der Waals surface area contributed by atoms with Crippen molar-refractivity contribution in [1.82, 2.24) is 10.2 Å². The number of β-lactam (4-membered cyclic amide) rings is 1. The molecule has 1 saturated heterocycles. The lowest BCUT2D eigenvalue weighted by Gasteiger charge is -2.49. The zero-order valence-electron chi connectivity index (χ0n) is 26.7. The summed E-state index contributed by atoms with van der Waals surface area (Å²) in [6.07, 6.45) is 0. The molecular weight excluding hydrogens is 631 g/mol. The van der Waals surface area contributed by atoms with Gasteiger partial charge in [0.1, 0.15) is 28.2 Å². The molecule has 242 valence electrons. The standard InChI is InChI=1S/C37H37N2O6PS/c1-26(40)47-35-32(38-31(41)25-44-27-17-9-5-10-18-27)33(42)39(35)34(36(43)45-37(2,3)4)46(28-19-11-6-12-20-28,29-21-13-7-14-22-29)30-23-15-8-16-24-30/h5-24,32,35H,25H2,1-4H3,(H,38,41)/t32-,35-/m1/s1. The number of benzene rings is 4. The molecule has 1 aliphatic heterocycles. The quantitative estimate of drug-likeness (QED) is 0.151. The maximum absolute atomic E-state index is 14.7. The number of carbonyl (C=O) groups excluding carboxylic acids is 4. The van der Waals surface area contributed by atoms with Gasteiger partial charge in [0.25, 0.3) is 11.8 Å². The zero-order chi connectivity index (χ0) is 33.6. The number of esters is 1. The van der Waals surface area contributed by atoms with Gasteiger partial charge >= 0.3 is 5.97 Å². The first-order chi connectivity index (χ1) is 22.5. The monoisotopic (exact) mass is 668 g/mol. The van der Waals surface area contributed by atoms with E-state index in [1.54, 1.807) is 45.0 Å². The second-order valence-electron chi connectivity index (χ2n) is 11.9. The first kappa shape index (κ1) is 33.8. The van der Waals surface area contributed by atoms with E-state index in [-0.39, 0.29) is 17.1 Å². The van der Waals surface area contributed by atoms with Gasteiger partial charge in [-0.2, -0.15) is 0 Å². The Morgan fingerprint density at radius 2 is 1.21 bits per heavy atom. The number of hydrogen-bond donors (Lipinski definition) is 1. The Morgan fingerprint density at radius 1 is 0.766 bits per heavy atom. The van der Waals surface area contributed by atoms with Crippen LogP contribution in [0.5, 0.6) is 5.75 Å². The van der Waals surface area contributed by atoms with E-state index in [1.165, 1.54) is 11.8 Å². The topological polar surface area (TPSA) is 102 Å². The van der Waals surface area contributed by atoms with Gasteiger partial charge < -0.3 is 14.8 Å². The Kier molecular flexibility index (Phi) is 10.4. The van der Waals surface area contributed by atoms with E-state index < -0.39 is 41.7 Å². The average molecular weight is 669 g/mol. The summed E-state index contributed by atoms with van der Waals surface area (Å²) in [4.78, 5) is 56.2. The largest absolute Gasteiger partial charge is 0.484 e. The molecule has 4 aromatic carbocycles. The number of rotatable bonds is 10. The first-order valence-corrected chi connectivity index (χ1v) is 17.8. The van der Waals surface area contributed by atoms with Gasteiger partial charge in [-0.05, 0) is 48.8 Å². The van der Waals surface area contributed by atoms with Crippen LogP contribution in [0.3, 0.4) is 0 Å². The van der Waals surface area contributed by atoms with E-state index in [0.717, 1.165) is 27.7 Å². The van der Waals surface area contributed by atoms with Gasteiger partial charge in [-0.15, -0.1) is 0 Å². The normalized spacial score (nSPS) is 16.1. The smallest absolute Gasteiger partial charge is 0.356 e. The lowest BCUT2D eigenvalue weighted by atomic mass is 10.1. The minimum absolute atomic E-state index is 0.130. The molecule has 0 spiro atoms. The van der Waals surface area contributed by atoms with E-state index in [0.29, 0.717) is 5.75 Å². The van der Waals surface area contributed by atoms with E-state index in [9.17, 15) is 19.2 Å². The number of carbonyl (C=O) groups is 4. The first-order valence-electron chi connectivity index (χ1n) is 15.2. The number of thioether (sulfide) groups is 1. The van der Waals surface area contributed by atoms with Gasteiger partial charge in [0, 0.05) is 13.8 Å². The molecule has 0 unspecified atom stereocenters. The summed E-state index contributed by atoms with van der Waals surface area (Å²) in [5, 5.41) is 4.02. The van der Waals surface area contributed by atoms with E-state index in [1.807, 2.05) is 97.1 Å². The molecule has 4 aromatic rings. The minimum atomic E-state index is -3.17. The molecule has 0 aliphatic carbocycles. The van der Waals surface area contributed by atoms with Crippen molar-refractivity contribution in [3.8, 4) is 5.75 Å². The molecule has 1 N–H and O–H groups in total. The summed E-state index contributed by atoms with van der Waals surface area (Å²) in [6, 6.07) is 36.6. The van der Waals surface area contributed by atoms with Crippen molar-refractivity contribution in [3.05, 3.63) is 121 Å². The van der Waals surface area contributed by atoms with Gasteiger partial charge in [0.2, 0.25) is 0 Å². The maximum Gasteiger partial charge on any atom is 0.356 e. The molecule has 0 saturated carbocycles. The number of nitrogens with zero attached hydrogens (tertiary/aromatic N) is 1. The summed E-state index contributed by atoms with van der Waals surface area (Å²) < 4.78 is 11.7. The van der Waals surface area contributed by atoms with Crippen LogP contribution in [0.15, 0.2) is 121 Å². The molecule has 1 fully saturated rings. The van der Waals surface area contributed by atoms with Crippen LogP contribution in [0.1, 0.15) is 27.7 Å². The summed E-state index contributed by atoms with van der Waals surface area (Å²) in [5.41, 5.74) is -0.771. The maximum atomic E-state index is 14.7. The molecule has 0 bridgehead atoms. The molecule has 2 amide bonds. The summed E-state index contributed by atoms with van der Waals surface area (Å²) in [7, 11) is 0. The van der Waals surface area contributed by atoms with Crippen molar-refractivity contribution in [2.45, 2.75) is 44.7 Å². The van der Waals surface area contributed by atoms with E-state index >= 15 is 0 Å². The van der Waals surface area contributed by atoms with Crippen molar-refractivity contribution in [3.63, 3.8) is 0 Å². The van der Waals surface area contributed by atoms with Gasteiger partial charge in [-0.1, -0.05) is 121 Å². The SMILES string of the molecule is CC(=O)S[C@@H]1[C@H](NC(=O)COc2ccccc2)C(=O)N1C(C(=O)OC(C)(C)C)=P(c1ccccc1)(c1ccccc1)c1ccccc1. The van der Waals surface area contributed by atoms with Crippen molar-refractivity contribution in [2.75, 3.05) is 6.61 Å². The number of para-hydroxylation sites is 1. The number of hydrogen-bond acceptors (Lipinski definition) is 7. The molecule has 1 heterocycles. The highest BCUT2D eigenvalue weighted by Crippen LogP contribution is 2.49. The van der Waals surface area contributed by atoms with Crippen molar-refractivity contribution < 1.29 is 28.7 Å². The van der Waals surface area contributed by atoms with Crippen LogP contribution in [0, 0.1) is 0 Å². The Morgan fingerprint density at radius 3 is 1.64 bits per heavy atom. The van der Waals surface area contributed by atoms with Gasteiger partial charge in [-0.3, -0.25) is 19.3 Å². The van der Waals surface area contributed by atoms with Crippen molar-refractivity contribution in [2.24, 2.45) is 0 Å².